The standard InChI is InChI=1S/C12H17NO4/c1-3-7-13(8-4-2)11(14)9-5-6-10(17-9)12(15)16/h3-4,9-10H,1-2,5-8H2,(H,15,16). The van der Waals surface area contributed by atoms with E-state index in [9.17, 15) is 9.59 Å². The molecule has 1 heterocycles. The first-order valence-corrected chi connectivity index (χ1v) is 5.49. The van der Waals surface area contributed by atoms with Gasteiger partial charge in [0.05, 0.1) is 0 Å². The number of ether oxygens (including phenoxy) is 1. The van der Waals surface area contributed by atoms with E-state index in [4.69, 9.17) is 9.84 Å². The lowest BCUT2D eigenvalue weighted by Gasteiger charge is -2.22. The summed E-state index contributed by atoms with van der Waals surface area (Å²) >= 11 is 0. The van der Waals surface area contributed by atoms with Gasteiger partial charge in [-0.25, -0.2) is 4.79 Å². The minimum absolute atomic E-state index is 0.200. The number of carbonyl (C=O) groups excluding carboxylic acids is 1. The number of hydrogen-bond acceptors (Lipinski definition) is 3. The van der Waals surface area contributed by atoms with Gasteiger partial charge >= 0.3 is 5.97 Å². The first-order valence-electron chi connectivity index (χ1n) is 5.49. The SMILES string of the molecule is C=CCN(CC=C)C(=O)C1CCC(C(=O)O)O1. The molecule has 2 unspecified atom stereocenters. The third-order valence-corrected chi connectivity index (χ3v) is 2.58. The zero-order valence-electron chi connectivity index (χ0n) is 9.67. The maximum atomic E-state index is 12.0. The van der Waals surface area contributed by atoms with Crippen molar-refractivity contribution in [1.82, 2.24) is 4.90 Å². The van der Waals surface area contributed by atoms with Crippen LogP contribution in [0.2, 0.25) is 0 Å². The van der Waals surface area contributed by atoms with Crippen LogP contribution in [0.25, 0.3) is 0 Å². The number of amides is 1. The van der Waals surface area contributed by atoms with Crippen LogP contribution in [0.3, 0.4) is 0 Å². The second-order valence-corrected chi connectivity index (χ2v) is 3.85. The molecule has 1 fully saturated rings. The van der Waals surface area contributed by atoms with Gasteiger partial charge in [0.25, 0.3) is 5.91 Å². The Bertz CT molecular complexity index is 316. The predicted octanol–water partition coefficient (Wildman–Crippen LogP) is 0.819. The molecule has 1 saturated heterocycles. The van der Waals surface area contributed by atoms with Crippen molar-refractivity contribution < 1.29 is 19.4 Å². The lowest BCUT2D eigenvalue weighted by molar-refractivity contribution is -0.154. The quantitative estimate of drug-likeness (QED) is 0.697. The molecule has 0 radical (unpaired) electrons. The van der Waals surface area contributed by atoms with Gasteiger partial charge in [-0.2, -0.15) is 0 Å². The molecule has 0 spiro atoms. The minimum atomic E-state index is -1.01. The molecule has 2 atom stereocenters. The van der Waals surface area contributed by atoms with Crippen molar-refractivity contribution in [1.29, 1.82) is 0 Å². The maximum absolute atomic E-state index is 12.0. The highest BCUT2D eigenvalue weighted by atomic mass is 16.5. The Morgan fingerprint density at radius 2 is 1.76 bits per heavy atom. The zero-order chi connectivity index (χ0) is 12.8. The fourth-order valence-electron chi connectivity index (χ4n) is 1.77. The van der Waals surface area contributed by atoms with Crippen LogP contribution < -0.4 is 0 Å². The second-order valence-electron chi connectivity index (χ2n) is 3.85. The van der Waals surface area contributed by atoms with Crippen molar-refractivity contribution in [2.45, 2.75) is 25.0 Å². The molecule has 1 amide bonds. The number of rotatable bonds is 6. The molecule has 0 aromatic rings. The van der Waals surface area contributed by atoms with E-state index in [0.29, 0.717) is 25.9 Å². The van der Waals surface area contributed by atoms with Crippen LogP contribution in [-0.2, 0) is 14.3 Å². The minimum Gasteiger partial charge on any atom is -0.479 e. The van der Waals surface area contributed by atoms with E-state index in [1.807, 2.05) is 0 Å². The summed E-state index contributed by atoms with van der Waals surface area (Å²) in [5, 5.41) is 8.78. The molecule has 1 aliphatic rings. The van der Waals surface area contributed by atoms with Crippen LogP contribution in [0.1, 0.15) is 12.8 Å². The third kappa shape index (κ3) is 3.42. The lowest BCUT2D eigenvalue weighted by atomic mass is 10.2. The molecule has 0 aromatic carbocycles. The van der Waals surface area contributed by atoms with Gasteiger partial charge in [0.1, 0.15) is 6.10 Å². The average molecular weight is 239 g/mol. The van der Waals surface area contributed by atoms with Crippen molar-refractivity contribution >= 4 is 11.9 Å². The van der Waals surface area contributed by atoms with Crippen molar-refractivity contribution in [2.24, 2.45) is 0 Å². The van der Waals surface area contributed by atoms with Crippen molar-refractivity contribution in [3.05, 3.63) is 25.3 Å². The number of carbonyl (C=O) groups is 2. The van der Waals surface area contributed by atoms with Crippen molar-refractivity contribution in [3.8, 4) is 0 Å². The van der Waals surface area contributed by atoms with E-state index in [1.165, 1.54) is 4.90 Å². The first-order chi connectivity index (χ1) is 8.10. The highest BCUT2D eigenvalue weighted by Crippen LogP contribution is 2.21. The lowest BCUT2D eigenvalue weighted by Crippen LogP contribution is -2.39. The number of aliphatic carboxylic acids is 1. The summed E-state index contributed by atoms with van der Waals surface area (Å²) in [5.41, 5.74) is 0. The molecule has 5 nitrogen and oxygen atoms in total. The summed E-state index contributed by atoms with van der Waals surface area (Å²) in [6.07, 6.45) is 2.53. The predicted molar refractivity (Wildman–Crippen MR) is 62.5 cm³/mol. The summed E-state index contributed by atoms with van der Waals surface area (Å²) in [7, 11) is 0. The maximum Gasteiger partial charge on any atom is 0.332 e. The van der Waals surface area contributed by atoms with Gasteiger partial charge in [-0.3, -0.25) is 4.79 Å². The summed E-state index contributed by atoms with van der Waals surface area (Å²) < 4.78 is 5.20. The molecular weight excluding hydrogens is 222 g/mol. The van der Waals surface area contributed by atoms with Gasteiger partial charge < -0.3 is 14.7 Å². The fraction of sp³-hybridized carbons (Fsp3) is 0.500. The largest absolute Gasteiger partial charge is 0.479 e. The Kier molecular flexibility index (Phi) is 4.90. The molecule has 0 aliphatic carbocycles. The van der Waals surface area contributed by atoms with Crippen LogP contribution in [-0.4, -0.2) is 47.2 Å². The van der Waals surface area contributed by atoms with Gasteiger partial charge in [0.2, 0.25) is 0 Å². The van der Waals surface area contributed by atoms with Crippen LogP contribution >= 0.6 is 0 Å². The Hall–Kier alpha value is -1.62. The Balaban J connectivity index is 2.59. The van der Waals surface area contributed by atoms with Crippen LogP contribution in [0.5, 0.6) is 0 Å². The van der Waals surface area contributed by atoms with E-state index < -0.39 is 18.2 Å². The molecule has 1 rings (SSSR count). The summed E-state index contributed by atoms with van der Waals surface area (Å²) in [5.74, 6) is -1.21. The van der Waals surface area contributed by atoms with Gasteiger partial charge in [-0.05, 0) is 12.8 Å². The van der Waals surface area contributed by atoms with Crippen molar-refractivity contribution in [2.75, 3.05) is 13.1 Å². The molecule has 94 valence electrons. The number of carboxylic acids is 1. The molecular formula is C12H17NO4. The Labute approximate surface area is 100 Å². The summed E-state index contributed by atoms with van der Waals surface area (Å²) in [4.78, 5) is 24.3. The molecule has 5 heteroatoms. The molecule has 1 aliphatic heterocycles. The average Bonchev–Trinajstić information content (AvgIpc) is 2.77. The number of nitrogens with zero attached hydrogens (tertiary/aromatic N) is 1. The van der Waals surface area contributed by atoms with E-state index in [2.05, 4.69) is 13.2 Å². The number of carboxylic acid groups (broad SMARTS) is 1. The smallest absolute Gasteiger partial charge is 0.332 e. The van der Waals surface area contributed by atoms with Crippen LogP contribution in [0, 0.1) is 0 Å². The van der Waals surface area contributed by atoms with E-state index in [0.717, 1.165) is 0 Å². The zero-order valence-corrected chi connectivity index (χ0v) is 9.67. The van der Waals surface area contributed by atoms with E-state index in [1.54, 1.807) is 12.2 Å². The molecule has 0 saturated carbocycles. The summed E-state index contributed by atoms with van der Waals surface area (Å²) in [6, 6.07) is 0. The monoisotopic (exact) mass is 239 g/mol. The molecule has 17 heavy (non-hydrogen) atoms. The summed E-state index contributed by atoms with van der Waals surface area (Å²) in [6.45, 7) is 7.95. The highest BCUT2D eigenvalue weighted by Gasteiger charge is 2.36. The van der Waals surface area contributed by atoms with E-state index in [-0.39, 0.29) is 5.91 Å². The highest BCUT2D eigenvalue weighted by molar-refractivity contribution is 5.83. The molecule has 1 N–H and O–H groups in total. The van der Waals surface area contributed by atoms with Gasteiger partial charge in [-0.15, -0.1) is 13.2 Å². The topological polar surface area (TPSA) is 66.8 Å². The fourth-order valence-corrected chi connectivity index (χ4v) is 1.77. The van der Waals surface area contributed by atoms with Gasteiger partial charge in [0.15, 0.2) is 6.10 Å². The number of hydrogen-bond donors (Lipinski definition) is 1. The third-order valence-electron chi connectivity index (χ3n) is 2.58. The second kappa shape index (κ2) is 6.20. The van der Waals surface area contributed by atoms with Gasteiger partial charge in [-0.1, -0.05) is 12.2 Å². The van der Waals surface area contributed by atoms with Crippen molar-refractivity contribution in [3.63, 3.8) is 0 Å². The molecule has 0 bridgehead atoms. The van der Waals surface area contributed by atoms with Crippen LogP contribution in [0.15, 0.2) is 25.3 Å². The molecule has 0 aromatic heterocycles. The van der Waals surface area contributed by atoms with Crippen LogP contribution in [0.4, 0.5) is 0 Å². The van der Waals surface area contributed by atoms with E-state index >= 15 is 0 Å². The first kappa shape index (κ1) is 13.4. The Morgan fingerprint density at radius 1 is 1.24 bits per heavy atom. The Morgan fingerprint density at radius 3 is 2.18 bits per heavy atom. The normalized spacial score (nSPS) is 23.1. The van der Waals surface area contributed by atoms with Gasteiger partial charge in [0, 0.05) is 13.1 Å².